The zero-order chi connectivity index (χ0) is 16.9. The van der Waals surface area contributed by atoms with E-state index in [9.17, 15) is 4.79 Å². The van der Waals surface area contributed by atoms with E-state index in [-0.39, 0.29) is 5.91 Å². The lowest BCUT2D eigenvalue weighted by Gasteiger charge is -2.23. The van der Waals surface area contributed by atoms with Gasteiger partial charge in [-0.15, -0.1) is 0 Å². The van der Waals surface area contributed by atoms with Gasteiger partial charge in [-0.1, -0.05) is 41.9 Å². The molecule has 1 fully saturated rings. The summed E-state index contributed by atoms with van der Waals surface area (Å²) < 4.78 is 0. The largest absolute Gasteiger partial charge is 0.352 e. The minimum absolute atomic E-state index is 0.0106. The fourth-order valence-corrected chi connectivity index (χ4v) is 3.41. The second kappa shape index (κ2) is 7.82. The van der Waals surface area contributed by atoms with Crippen molar-refractivity contribution in [2.45, 2.75) is 19.8 Å². The summed E-state index contributed by atoms with van der Waals surface area (Å²) in [5, 5.41) is 7.18. The molecule has 0 spiro atoms. The highest BCUT2D eigenvalue weighted by Gasteiger charge is 2.17. The SMILES string of the molecule is Cc1c(Cl)cccc1-c1ccccc1C(=O)NCC1CCNCC1. The van der Waals surface area contributed by atoms with Crippen LogP contribution in [0, 0.1) is 12.8 Å². The summed E-state index contributed by atoms with van der Waals surface area (Å²) in [6.07, 6.45) is 2.24. The monoisotopic (exact) mass is 342 g/mol. The number of piperidine rings is 1. The van der Waals surface area contributed by atoms with Gasteiger partial charge in [0.05, 0.1) is 0 Å². The summed E-state index contributed by atoms with van der Waals surface area (Å²) in [4.78, 5) is 12.7. The number of carbonyl (C=O) groups is 1. The summed E-state index contributed by atoms with van der Waals surface area (Å²) in [6, 6.07) is 13.5. The van der Waals surface area contributed by atoms with Crippen LogP contribution < -0.4 is 10.6 Å². The van der Waals surface area contributed by atoms with E-state index in [2.05, 4.69) is 10.6 Å². The summed E-state index contributed by atoms with van der Waals surface area (Å²) >= 11 is 6.25. The molecule has 3 nitrogen and oxygen atoms in total. The average Bonchev–Trinajstić information content (AvgIpc) is 2.63. The minimum atomic E-state index is -0.0106. The molecule has 0 bridgehead atoms. The van der Waals surface area contributed by atoms with Crippen LogP contribution in [0.1, 0.15) is 28.8 Å². The Morgan fingerprint density at radius 1 is 1.12 bits per heavy atom. The first-order chi connectivity index (χ1) is 11.7. The summed E-state index contributed by atoms with van der Waals surface area (Å²) in [6.45, 7) is 4.81. The second-order valence-corrected chi connectivity index (χ2v) is 6.77. The molecule has 2 aromatic rings. The lowest BCUT2D eigenvalue weighted by Crippen LogP contribution is -2.36. The zero-order valence-electron chi connectivity index (χ0n) is 13.9. The Kier molecular flexibility index (Phi) is 5.54. The van der Waals surface area contributed by atoms with Gasteiger partial charge in [0.1, 0.15) is 0 Å². The Labute approximate surface area is 148 Å². The van der Waals surface area contributed by atoms with Gasteiger partial charge in [0.25, 0.3) is 5.91 Å². The number of amides is 1. The number of carbonyl (C=O) groups excluding carboxylic acids is 1. The van der Waals surface area contributed by atoms with Crippen LogP contribution in [-0.2, 0) is 0 Å². The first kappa shape index (κ1) is 17.0. The van der Waals surface area contributed by atoms with E-state index < -0.39 is 0 Å². The van der Waals surface area contributed by atoms with Crippen LogP contribution in [0.4, 0.5) is 0 Å². The number of rotatable bonds is 4. The lowest BCUT2D eigenvalue weighted by atomic mass is 9.95. The molecule has 1 saturated heterocycles. The molecule has 1 aliphatic heterocycles. The van der Waals surface area contributed by atoms with E-state index >= 15 is 0 Å². The van der Waals surface area contributed by atoms with Gasteiger partial charge in [-0.3, -0.25) is 4.79 Å². The Balaban J connectivity index is 1.80. The number of hydrogen-bond acceptors (Lipinski definition) is 2. The van der Waals surface area contributed by atoms with E-state index in [1.165, 1.54) is 0 Å². The number of halogens is 1. The van der Waals surface area contributed by atoms with Crippen molar-refractivity contribution in [1.29, 1.82) is 0 Å². The third-order valence-electron chi connectivity index (χ3n) is 4.74. The van der Waals surface area contributed by atoms with Crippen molar-refractivity contribution in [2.75, 3.05) is 19.6 Å². The smallest absolute Gasteiger partial charge is 0.251 e. The molecule has 3 rings (SSSR count). The van der Waals surface area contributed by atoms with Crippen molar-refractivity contribution in [1.82, 2.24) is 10.6 Å². The average molecular weight is 343 g/mol. The van der Waals surface area contributed by atoms with E-state index in [0.717, 1.165) is 54.2 Å². The summed E-state index contributed by atoms with van der Waals surface area (Å²) in [7, 11) is 0. The first-order valence-electron chi connectivity index (χ1n) is 8.50. The maximum atomic E-state index is 12.7. The quantitative estimate of drug-likeness (QED) is 0.880. The van der Waals surface area contributed by atoms with Crippen molar-refractivity contribution in [3.8, 4) is 11.1 Å². The third-order valence-corrected chi connectivity index (χ3v) is 5.15. The van der Waals surface area contributed by atoms with Gasteiger partial charge < -0.3 is 10.6 Å². The summed E-state index contributed by atoms with van der Waals surface area (Å²) in [5.74, 6) is 0.554. The predicted molar refractivity (Wildman–Crippen MR) is 99.6 cm³/mol. The molecule has 0 aromatic heterocycles. The van der Waals surface area contributed by atoms with Crippen molar-refractivity contribution in [3.63, 3.8) is 0 Å². The maximum Gasteiger partial charge on any atom is 0.251 e. The molecule has 1 heterocycles. The molecule has 126 valence electrons. The fraction of sp³-hybridized carbons (Fsp3) is 0.350. The molecule has 0 atom stereocenters. The van der Waals surface area contributed by atoms with Gasteiger partial charge in [0, 0.05) is 17.1 Å². The first-order valence-corrected chi connectivity index (χ1v) is 8.88. The minimum Gasteiger partial charge on any atom is -0.352 e. The van der Waals surface area contributed by atoms with Gasteiger partial charge in [-0.25, -0.2) is 0 Å². The Hall–Kier alpha value is -1.84. The molecule has 4 heteroatoms. The molecule has 0 radical (unpaired) electrons. The van der Waals surface area contributed by atoms with E-state index in [1.54, 1.807) is 0 Å². The molecule has 0 saturated carbocycles. The normalized spacial score (nSPS) is 15.2. The standard InChI is InChI=1S/C20H23ClN2O/c1-14-16(7-4-8-19(14)21)17-5-2-3-6-18(17)20(24)23-13-15-9-11-22-12-10-15/h2-8,15,22H,9-13H2,1H3,(H,23,24). The number of nitrogens with one attached hydrogen (secondary N) is 2. The van der Waals surface area contributed by atoms with Crippen molar-refractivity contribution in [2.24, 2.45) is 5.92 Å². The summed E-state index contributed by atoms with van der Waals surface area (Å²) in [5.41, 5.74) is 3.64. The maximum absolute atomic E-state index is 12.7. The Morgan fingerprint density at radius 2 is 1.83 bits per heavy atom. The highest BCUT2D eigenvalue weighted by Crippen LogP contribution is 2.30. The van der Waals surface area contributed by atoms with Gasteiger partial charge in [0.2, 0.25) is 0 Å². The van der Waals surface area contributed by atoms with Crippen molar-refractivity contribution >= 4 is 17.5 Å². The van der Waals surface area contributed by atoms with Crippen LogP contribution >= 0.6 is 11.6 Å². The molecule has 24 heavy (non-hydrogen) atoms. The van der Waals surface area contributed by atoms with Crippen LogP contribution in [0.2, 0.25) is 5.02 Å². The van der Waals surface area contributed by atoms with Crippen LogP contribution in [0.5, 0.6) is 0 Å². The van der Waals surface area contributed by atoms with Gasteiger partial charge >= 0.3 is 0 Å². The zero-order valence-corrected chi connectivity index (χ0v) is 14.7. The second-order valence-electron chi connectivity index (χ2n) is 6.36. The molecule has 0 aliphatic carbocycles. The highest BCUT2D eigenvalue weighted by molar-refractivity contribution is 6.31. The van der Waals surface area contributed by atoms with Crippen LogP contribution in [-0.4, -0.2) is 25.5 Å². The highest BCUT2D eigenvalue weighted by atomic mass is 35.5. The Morgan fingerprint density at radius 3 is 2.62 bits per heavy atom. The van der Waals surface area contributed by atoms with Crippen molar-refractivity contribution in [3.05, 3.63) is 58.6 Å². The molecular weight excluding hydrogens is 320 g/mol. The van der Waals surface area contributed by atoms with E-state index in [1.807, 2.05) is 49.4 Å². The van der Waals surface area contributed by atoms with Gasteiger partial charge in [-0.2, -0.15) is 0 Å². The van der Waals surface area contributed by atoms with Crippen LogP contribution in [0.25, 0.3) is 11.1 Å². The lowest BCUT2D eigenvalue weighted by molar-refractivity contribution is 0.0945. The molecule has 2 N–H and O–H groups in total. The fourth-order valence-electron chi connectivity index (χ4n) is 3.23. The predicted octanol–water partition coefficient (Wildman–Crippen LogP) is 4.04. The third kappa shape index (κ3) is 3.80. The molecule has 1 aliphatic rings. The van der Waals surface area contributed by atoms with Gasteiger partial charge in [-0.05, 0) is 67.6 Å². The van der Waals surface area contributed by atoms with Gasteiger partial charge in [0.15, 0.2) is 0 Å². The number of hydrogen-bond donors (Lipinski definition) is 2. The molecule has 0 unspecified atom stereocenters. The van der Waals surface area contributed by atoms with Crippen LogP contribution in [0.15, 0.2) is 42.5 Å². The molecule has 2 aromatic carbocycles. The van der Waals surface area contributed by atoms with Crippen LogP contribution in [0.3, 0.4) is 0 Å². The molecule has 1 amide bonds. The van der Waals surface area contributed by atoms with E-state index in [0.29, 0.717) is 11.5 Å². The molecular formula is C20H23ClN2O. The Bertz CT molecular complexity index is 723. The topological polar surface area (TPSA) is 41.1 Å². The van der Waals surface area contributed by atoms with E-state index in [4.69, 9.17) is 11.6 Å². The van der Waals surface area contributed by atoms with Crippen molar-refractivity contribution < 1.29 is 4.79 Å². The number of benzene rings is 2.